The Bertz CT molecular complexity index is 906. The van der Waals surface area contributed by atoms with Gasteiger partial charge in [0.2, 0.25) is 0 Å². The topological polar surface area (TPSA) is 85.0 Å². The Morgan fingerprint density at radius 2 is 1.78 bits per heavy atom. The molecule has 0 amide bonds. The Hall–Kier alpha value is -2.22. The van der Waals surface area contributed by atoms with Gasteiger partial charge in [0.25, 0.3) is 5.95 Å². The molecule has 0 fully saturated rings. The monoisotopic (exact) mass is 427 g/mol. The summed E-state index contributed by atoms with van der Waals surface area (Å²) in [6, 6.07) is 8.78. The van der Waals surface area contributed by atoms with Gasteiger partial charge in [-0.15, -0.1) is 5.10 Å². The van der Waals surface area contributed by atoms with Crippen LogP contribution in [-0.4, -0.2) is 27.2 Å². The molecule has 0 atom stereocenters. The number of nitrogens with zero attached hydrogens (tertiary/aromatic N) is 3. The Balaban J connectivity index is 1.76. The number of H-pyrrole nitrogens is 1. The van der Waals surface area contributed by atoms with Crippen LogP contribution in [0.25, 0.3) is 0 Å². The third kappa shape index (κ3) is 5.15. The molecule has 0 saturated heterocycles. The van der Waals surface area contributed by atoms with E-state index in [4.69, 9.17) is 44.3 Å². The highest BCUT2D eigenvalue weighted by molar-refractivity contribution is 6.35. The maximum atomic E-state index is 6.39. The molecule has 1 heterocycles. The fourth-order valence-electron chi connectivity index (χ4n) is 2.30. The van der Waals surface area contributed by atoms with Crippen LogP contribution in [0.1, 0.15) is 18.1 Å². The van der Waals surface area contributed by atoms with E-state index in [1.165, 1.54) is 0 Å². The molecule has 0 aliphatic rings. The van der Waals surface area contributed by atoms with Crippen LogP contribution in [-0.2, 0) is 13.2 Å². The predicted octanol–water partition coefficient (Wildman–Crippen LogP) is 4.75. The zero-order chi connectivity index (χ0) is 19.2. The van der Waals surface area contributed by atoms with Crippen molar-refractivity contribution in [3.05, 3.63) is 56.5 Å². The lowest BCUT2D eigenvalue weighted by Crippen LogP contribution is -2.05. The van der Waals surface area contributed by atoms with Crippen molar-refractivity contribution >= 4 is 40.8 Å². The van der Waals surface area contributed by atoms with Gasteiger partial charge in [-0.1, -0.05) is 46.0 Å². The minimum atomic E-state index is 0.257. The smallest absolute Gasteiger partial charge is 0.263 e. The summed E-state index contributed by atoms with van der Waals surface area (Å²) in [6.07, 6.45) is 0. The minimum Gasteiger partial charge on any atom is -0.490 e. The van der Waals surface area contributed by atoms with Crippen molar-refractivity contribution < 1.29 is 9.47 Å². The first kappa shape index (κ1) is 19.5. The molecule has 27 heavy (non-hydrogen) atoms. The van der Waals surface area contributed by atoms with Gasteiger partial charge in [-0.05, 0) is 35.9 Å². The van der Waals surface area contributed by atoms with Gasteiger partial charge in [0.1, 0.15) is 6.61 Å². The quantitative estimate of drug-likeness (QED) is 0.538. The zero-order valence-electron chi connectivity index (χ0n) is 14.3. The Labute approximate surface area is 170 Å². The third-order valence-electron chi connectivity index (χ3n) is 3.59. The van der Waals surface area contributed by atoms with Crippen molar-refractivity contribution in [1.82, 2.24) is 20.6 Å². The van der Waals surface area contributed by atoms with E-state index < -0.39 is 0 Å². The maximum Gasteiger partial charge on any atom is 0.263 e. The van der Waals surface area contributed by atoms with Crippen LogP contribution in [0.5, 0.6) is 11.5 Å². The average Bonchev–Trinajstić information content (AvgIpc) is 3.15. The van der Waals surface area contributed by atoms with E-state index in [1.54, 1.807) is 18.2 Å². The SMILES string of the molecule is CCOc1cc(CNc2nn[nH]n2)c(Cl)cc1OCc1ccc(Cl)cc1Cl. The molecule has 7 nitrogen and oxygen atoms in total. The van der Waals surface area contributed by atoms with Crippen LogP contribution in [0.4, 0.5) is 5.95 Å². The highest BCUT2D eigenvalue weighted by Gasteiger charge is 2.13. The van der Waals surface area contributed by atoms with Crippen molar-refractivity contribution in [3.63, 3.8) is 0 Å². The van der Waals surface area contributed by atoms with Crippen LogP contribution in [0.2, 0.25) is 15.1 Å². The normalized spacial score (nSPS) is 10.7. The number of aromatic amines is 1. The molecular formula is C17H16Cl3N5O2. The molecule has 0 unspecified atom stereocenters. The van der Waals surface area contributed by atoms with Crippen LogP contribution < -0.4 is 14.8 Å². The summed E-state index contributed by atoms with van der Waals surface area (Å²) < 4.78 is 11.6. The number of ether oxygens (including phenoxy) is 2. The minimum absolute atomic E-state index is 0.257. The Morgan fingerprint density at radius 3 is 2.48 bits per heavy atom. The lowest BCUT2D eigenvalue weighted by molar-refractivity contribution is 0.269. The number of rotatable bonds is 8. The lowest BCUT2D eigenvalue weighted by Gasteiger charge is -2.15. The maximum absolute atomic E-state index is 6.39. The van der Waals surface area contributed by atoms with Gasteiger partial charge in [0.15, 0.2) is 11.5 Å². The summed E-state index contributed by atoms with van der Waals surface area (Å²) >= 11 is 18.5. The van der Waals surface area contributed by atoms with Crippen molar-refractivity contribution in [2.75, 3.05) is 11.9 Å². The molecule has 2 N–H and O–H groups in total. The molecular weight excluding hydrogens is 413 g/mol. The lowest BCUT2D eigenvalue weighted by atomic mass is 10.2. The molecule has 3 aromatic rings. The molecule has 1 aromatic heterocycles. The zero-order valence-corrected chi connectivity index (χ0v) is 16.6. The van der Waals surface area contributed by atoms with E-state index in [9.17, 15) is 0 Å². The largest absolute Gasteiger partial charge is 0.490 e. The number of halogens is 3. The molecule has 0 aliphatic heterocycles. The van der Waals surface area contributed by atoms with E-state index in [2.05, 4.69) is 25.9 Å². The fourth-order valence-corrected chi connectivity index (χ4v) is 2.98. The van der Waals surface area contributed by atoms with E-state index in [-0.39, 0.29) is 6.61 Å². The van der Waals surface area contributed by atoms with Crippen molar-refractivity contribution in [2.24, 2.45) is 0 Å². The summed E-state index contributed by atoms with van der Waals surface area (Å²) in [5.41, 5.74) is 1.62. The number of anilines is 1. The highest BCUT2D eigenvalue weighted by Crippen LogP contribution is 2.35. The van der Waals surface area contributed by atoms with Crippen LogP contribution in [0.15, 0.2) is 30.3 Å². The standard InChI is InChI=1S/C17H16Cl3N5O2/c1-2-26-15-5-11(8-21-17-22-24-25-23-17)14(20)7-16(15)27-9-10-3-4-12(18)6-13(10)19/h3-7H,2,8-9H2,1H3,(H2,21,22,23,24,25). The molecule has 3 rings (SSSR count). The first-order valence-electron chi connectivity index (χ1n) is 8.06. The van der Waals surface area contributed by atoms with E-state index in [0.717, 1.165) is 11.1 Å². The number of benzene rings is 2. The van der Waals surface area contributed by atoms with Crippen molar-refractivity contribution in [3.8, 4) is 11.5 Å². The molecule has 0 aliphatic carbocycles. The third-order valence-corrected chi connectivity index (χ3v) is 4.53. The first-order valence-corrected chi connectivity index (χ1v) is 9.19. The molecule has 0 saturated carbocycles. The number of tetrazole rings is 1. The summed E-state index contributed by atoms with van der Waals surface area (Å²) in [4.78, 5) is 0. The second-order valence-corrected chi connectivity index (χ2v) is 6.69. The van der Waals surface area contributed by atoms with Gasteiger partial charge < -0.3 is 14.8 Å². The van der Waals surface area contributed by atoms with Gasteiger partial charge in [-0.2, -0.15) is 5.21 Å². The van der Waals surface area contributed by atoms with Crippen molar-refractivity contribution in [1.29, 1.82) is 0 Å². The van der Waals surface area contributed by atoms with E-state index in [0.29, 0.717) is 45.7 Å². The van der Waals surface area contributed by atoms with Gasteiger partial charge in [0, 0.05) is 33.2 Å². The summed E-state index contributed by atoms with van der Waals surface area (Å²) in [7, 11) is 0. The second kappa shape index (κ2) is 9.12. The molecule has 2 aromatic carbocycles. The number of hydrogen-bond donors (Lipinski definition) is 2. The number of nitrogens with one attached hydrogen (secondary N) is 2. The van der Waals surface area contributed by atoms with Gasteiger partial charge in [0.05, 0.1) is 6.61 Å². The van der Waals surface area contributed by atoms with Gasteiger partial charge >= 0.3 is 0 Å². The van der Waals surface area contributed by atoms with E-state index >= 15 is 0 Å². The molecule has 0 bridgehead atoms. The average molecular weight is 429 g/mol. The highest BCUT2D eigenvalue weighted by atomic mass is 35.5. The molecule has 142 valence electrons. The summed E-state index contributed by atoms with van der Waals surface area (Å²) in [5, 5.41) is 18.2. The fraction of sp³-hybridized carbons (Fsp3) is 0.235. The van der Waals surface area contributed by atoms with Gasteiger partial charge in [-0.25, -0.2) is 0 Å². The van der Waals surface area contributed by atoms with Gasteiger partial charge in [-0.3, -0.25) is 0 Å². The predicted molar refractivity (Wildman–Crippen MR) is 105 cm³/mol. The number of hydrogen-bond acceptors (Lipinski definition) is 6. The molecule has 10 heteroatoms. The summed E-state index contributed by atoms with van der Waals surface area (Å²) in [5.74, 6) is 1.48. The first-order chi connectivity index (χ1) is 13.1. The Morgan fingerprint density at radius 1 is 1.00 bits per heavy atom. The molecule has 0 radical (unpaired) electrons. The van der Waals surface area contributed by atoms with Crippen LogP contribution >= 0.6 is 34.8 Å². The molecule has 0 spiro atoms. The van der Waals surface area contributed by atoms with E-state index in [1.807, 2.05) is 19.1 Å². The summed E-state index contributed by atoms with van der Waals surface area (Å²) in [6.45, 7) is 3.04. The second-order valence-electron chi connectivity index (χ2n) is 5.44. The number of aromatic nitrogens is 4. The van der Waals surface area contributed by atoms with Crippen molar-refractivity contribution in [2.45, 2.75) is 20.1 Å². The van der Waals surface area contributed by atoms with Crippen LogP contribution in [0, 0.1) is 0 Å². The van der Waals surface area contributed by atoms with Crippen LogP contribution in [0.3, 0.4) is 0 Å². The Kier molecular flexibility index (Phi) is 6.60.